The molecule has 4 N–H and O–H groups in total. The Labute approximate surface area is 118 Å². The predicted molar refractivity (Wildman–Crippen MR) is 74.6 cm³/mol. The van der Waals surface area contributed by atoms with Crippen LogP contribution in [0, 0.1) is 0 Å². The monoisotopic (exact) mass is 306 g/mol. The Morgan fingerprint density at radius 1 is 1.50 bits per heavy atom. The molecule has 1 aliphatic rings. The van der Waals surface area contributed by atoms with Crippen LogP contribution in [0.5, 0.6) is 0 Å². The lowest BCUT2D eigenvalue weighted by atomic mass is 10.2. The van der Waals surface area contributed by atoms with Gasteiger partial charge < -0.3 is 20.6 Å². The first-order valence-corrected chi connectivity index (χ1v) is 8.80. The van der Waals surface area contributed by atoms with Gasteiger partial charge in [-0.1, -0.05) is 19.8 Å². The lowest BCUT2D eigenvalue weighted by molar-refractivity contribution is -0.147. The number of carboxylic acids is 1. The molecule has 0 saturated carbocycles. The van der Waals surface area contributed by atoms with E-state index in [1.54, 1.807) is 0 Å². The minimum atomic E-state index is -3.78. The van der Waals surface area contributed by atoms with Gasteiger partial charge in [-0.15, -0.1) is 0 Å². The Morgan fingerprint density at radius 2 is 2.15 bits per heavy atom. The van der Waals surface area contributed by atoms with Gasteiger partial charge in [-0.3, -0.25) is 9.36 Å². The second kappa shape index (κ2) is 7.20. The topological polar surface area (TPSA) is 121 Å². The number of likely N-dealkylation sites (tertiary alicyclic amines) is 1. The maximum atomic E-state index is 12.1. The van der Waals surface area contributed by atoms with Crippen molar-refractivity contribution in [3.63, 3.8) is 0 Å². The zero-order valence-electron chi connectivity index (χ0n) is 11.7. The van der Waals surface area contributed by atoms with Crippen LogP contribution in [0.3, 0.4) is 0 Å². The normalized spacial score (nSPS) is 23.4. The fraction of sp³-hybridized carbons (Fsp3) is 0.833. The Morgan fingerprint density at radius 3 is 2.70 bits per heavy atom. The number of nitrogens with two attached hydrogens (primary N) is 1. The van der Waals surface area contributed by atoms with Crippen LogP contribution in [-0.4, -0.2) is 51.3 Å². The smallest absolute Gasteiger partial charge is 0.326 e. The first-order chi connectivity index (χ1) is 9.29. The second-order valence-corrected chi connectivity index (χ2v) is 7.70. The third-order valence-electron chi connectivity index (χ3n) is 3.59. The Balaban J connectivity index is 2.64. The molecule has 1 saturated heterocycles. The van der Waals surface area contributed by atoms with Gasteiger partial charge >= 0.3 is 5.97 Å². The van der Waals surface area contributed by atoms with Crippen LogP contribution < -0.4 is 5.73 Å². The molecule has 20 heavy (non-hydrogen) atoms. The van der Waals surface area contributed by atoms with Gasteiger partial charge in [-0.25, -0.2) is 4.79 Å². The number of hydrogen-bond donors (Lipinski definition) is 3. The minimum absolute atomic E-state index is 0.319. The highest BCUT2D eigenvalue weighted by molar-refractivity contribution is 7.59. The van der Waals surface area contributed by atoms with E-state index in [2.05, 4.69) is 0 Å². The molecular weight excluding hydrogens is 283 g/mol. The van der Waals surface area contributed by atoms with E-state index in [0.29, 0.717) is 25.8 Å². The summed E-state index contributed by atoms with van der Waals surface area (Å²) in [4.78, 5) is 34.1. The number of carboxylic acid groups (broad SMARTS) is 1. The average molecular weight is 306 g/mol. The maximum Gasteiger partial charge on any atom is 0.326 e. The number of carbonyl (C=O) groups excluding carboxylic acids is 1. The van der Waals surface area contributed by atoms with Crippen molar-refractivity contribution in [1.29, 1.82) is 0 Å². The third-order valence-corrected chi connectivity index (χ3v) is 5.61. The molecule has 7 nitrogen and oxygen atoms in total. The van der Waals surface area contributed by atoms with Crippen LogP contribution in [0.15, 0.2) is 0 Å². The highest BCUT2D eigenvalue weighted by Gasteiger charge is 2.38. The lowest BCUT2D eigenvalue weighted by Gasteiger charge is -2.24. The van der Waals surface area contributed by atoms with Crippen LogP contribution in [-0.2, 0) is 14.2 Å². The van der Waals surface area contributed by atoms with E-state index in [-0.39, 0.29) is 0 Å². The quantitative estimate of drug-likeness (QED) is 0.598. The average Bonchev–Trinajstić information content (AvgIpc) is 2.84. The second-order valence-electron chi connectivity index (χ2n) is 5.21. The van der Waals surface area contributed by atoms with E-state index >= 15 is 0 Å². The summed E-state index contributed by atoms with van der Waals surface area (Å²) in [5, 5.41) is 9.01. The van der Waals surface area contributed by atoms with Crippen molar-refractivity contribution in [2.75, 3.05) is 12.7 Å². The van der Waals surface area contributed by atoms with Gasteiger partial charge in [-0.2, -0.15) is 0 Å². The van der Waals surface area contributed by atoms with Crippen molar-refractivity contribution in [2.24, 2.45) is 5.73 Å². The predicted octanol–water partition coefficient (Wildman–Crippen LogP) is 0.807. The fourth-order valence-corrected chi connectivity index (χ4v) is 3.73. The van der Waals surface area contributed by atoms with Gasteiger partial charge in [0.05, 0.1) is 5.78 Å². The number of hydrogen-bond acceptors (Lipinski definition) is 4. The van der Waals surface area contributed by atoms with Crippen molar-refractivity contribution in [2.45, 2.75) is 50.9 Å². The molecule has 1 heterocycles. The SMILES string of the molecule is CCCCC(N)P(=O)(O)CC(=O)N1CCC[C@H]1C(=O)O. The standard InChI is InChI=1S/C12H23N2O5P/c1-2-3-6-10(13)20(18,19)8-11(15)14-7-4-5-9(14)12(16)17/h9-10H,2-8,13H2,1H3,(H,16,17)(H,18,19)/t9-,10?/m0/s1. The molecule has 1 rings (SSSR count). The van der Waals surface area contributed by atoms with Crippen LogP contribution in [0.25, 0.3) is 0 Å². The molecule has 3 atom stereocenters. The summed E-state index contributed by atoms with van der Waals surface area (Å²) in [6.07, 6.45) is 2.39. The molecule has 0 radical (unpaired) electrons. The third kappa shape index (κ3) is 4.30. The fourth-order valence-electron chi connectivity index (χ4n) is 2.34. The number of carbonyl (C=O) groups is 2. The highest BCUT2D eigenvalue weighted by Crippen LogP contribution is 2.46. The molecule has 116 valence electrons. The first-order valence-electron chi connectivity index (χ1n) is 6.89. The van der Waals surface area contributed by atoms with Crippen LogP contribution in [0.4, 0.5) is 0 Å². The number of amides is 1. The van der Waals surface area contributed by atoms with Crippen molar-refractivity contribution in [3.05, 3.63) is 0 Å². The zero-order chi connectivity index (χ0) is 15.3. The number of unbranched alkanes of at least 4 members (excludes halogenated alkanes) is 1. The van der Waals surface area contributed by atoms with Crippen LogP contribution in [0.1, 0.15) is 39.0 Å². The van der Waals surface area contributed by atoms with Gasteiger partial charge in [0.1, 0.15) is 12.2 Å². The molecule has 1 amide bonds. The van der Waals surface area contributed by atoms with E-state index in [1.165, 1.54) is 4.90 Å². The molecule has 8 heteroatoms. The molecule has 0 aromatic rings. The Bertz CT molecular complexity index is 415. The molecule has 1 fully saturated rings. The molecule has 0 aliphatic carbocycles. The van der Waals surface area contributed by atoms with E-state index in [4.69, 9.17) is 10.8 Å². The van der Waals surface area contributed by atoms with E-state index < -0.39 is 37.2 Å². The summed E-state index contributed by atoms with van der Waals surface area (Å²) in [6.45, 7) is 2.27. The van der Waals surface area contributed by atoms with Gasteiger partial charge in [-0.05, 0) is 19.3 Å². The van der Waals surface area contributed by atoms with Gasteiger partial charge in [0.15, 0.2) is 0 Å². The molecule has 0 bridgehead atoms. The van der Waals surface area contributed by atoms with E-state index in [9.17, 15) is 19.0 Å². The van der Waals surface area contributed by atoms with E-state index in [1.807, 2.05) is 6.92 Å². The lowest BCUT2D eigenvalue weighted by Crippen LogP contribution is -2.42. The van der Waals surface area contributed by atoms with Gasteiger partial charge in [0.2, 0.25) is 13.3 Å². The maximum absolute atomic E-state index is 12.1. The summed E-state index contributed by atoms with van der Waals surface area (Å²) >= 11 is 0. The summed E-state index contributed by atoms with van der Waals surface area (Å²) in [6, 6.07) is -0.880. The number of aliphatic carboxylic acids is 1. The largest absolute Gasteiger partial charge is 0.480 e. The molecule has 0 aromatic heterocycles. The Hall–Kier alpha value is -0.910. The zero-order valence-corrected chi connectivity index (χ0v) is 12.6. The molecule has 0 aromatic carbocycles. The van der Waals surface area contributed by atoms with Crippen molar-refractivity contribution >= 4 is 19.2 Å². The molecule has 2 unspecified atom stereocenters. The van der Waals surface area contributed by atoms with Gasteiger partial charge in [0.25, 0.3) is 0 Å². The molecule has 1 aliphatic heterocycles. The highest BCUT2D eigenvalue weighted by atomic mass is 31.2. The minimum Gasteiger partial charge on any atom is -0.480 e. The van der Waals surface area contributed by atoms with Crippen LogP contribution in [0.2, 0.25) is 0 Å². The first kappa shape index (κ1) is 17.1. The summed E-state index contributed by atoms with van der Waals surface area (Å²) in [7, 11) is -3.78. The molecule has 0 spiro atoms. The number of nitrogens with zero attached hydrogens (tertiary/aromatic N) is 1. The van der Waals surface area contributed by atoms with Crippen molar-refractivity contribution in [3.8, 4) is 0 Å². The summed E-state index contributed by atoms with van der Waals surface area (Å²) < 4.78 is 12.1. The Kier molecular flexibility index (Phi) is 6.17. The summed E-state index contributed by atoms with van der Waals surface area (Å²) in [5.41, 5.74) is 5.68. The van der Waals surface area contributed by atoms with Crippen molar-refractivity contribution < 1.29 is 24.2 Å². The van der Waals surface area contributed by atoms with Crippen molar-refractivity contribution in [1.82, 2.24) is 4.90 Å². The molecular formula is C12H23N2O5P. The number of rotatable bonds is 7. The van der Waals surface area contributed by atoms with Crippen LogP contribution >= 0.6 is 7.37 Å². The summed E-state index contributed by atoms with van der Waals surface area (Å²) in [5.74, 6) is -2.58. The van der Waals surface area contributed by atoms with E-state index in [0.717, 1.165) is 12.8 Å². The van der Waals surface area contributed by atoms with Gasteiger partial charge in [0, 0.05) is 6.54 Å².